The molecule has 1 saturated heterocycles. The Balaban J connectivity index is 2.00. The van der Waals surface area contributed by atoms with Crippen molar-refractivity contribution in [2.45, 2.75) is 45.1 Å². The van der Waals surface area contributed by atoms with E-state index in [9.17, 15) is 0 Å². The number of anilines is 1. The van der Waals surface area contributed by atoms with Crippen LogP contribution in [0, 0.1) is 0 Å². The summed E-state index contributed by atoms with van der Waals surface area (Å²) in [6.45, 7) is 8.65. The third-order valence-corrected chi connectivity index (χ3v) is 3.94. The molecule has 1 aromatic rings. The number of nitrogens with zero attached hydrogens (tertiary/aromatic N) is 4. The maximum atomic E-state index is 4.40. The van der Waals surface area contributed by atoms with Gasteiger partial charge in [0.15, 0.2) is 5.82 Å². The summed E-state index contributed by atoms with van der Waals surface area (Å²) in [6, 6.07) is 4.93. The smallest absolute Gasteiger partial charge is 0.151 e. The molecule has 19 heavy (non-hydrogen) atoms. The van der Waals surface area contributed by atoms with Crippen molar-refractivity contribution >= 4 is 5.82 Å². The topological polar surface area (TPSA) is 32.3 Å². The summed E-state index contributed by atoms with van der Waals surface area (Å²) in [4.78, 5) is 4.67. The molecular formula is C15H26N4. The van der Waals surface area contributed by atoms with E-state index in [2.05, 4.69) is 67.0 Å². The summed E-state index contributed by atoms with van der Waals surface area (Å²) in [7, 11) is 4.33. The normalized spacial score (nSPS) is 18.1. The van der Waals surface area contributed by atoms with E-state index >= 15 is 0 Å². The molecule has 0 atom stereocenters. The van der Waals surface area contributed by atoms with Gasteiger partial charge in [-0.1, -0.05) is 20.8 Å². The number of aromatic nitrogens is 2. The number of piperidine rings is 1. The lowest BCUT2D eigenvalue weighted by Crippen LogP contribution is -2.42. The van der Waals surface area contributed by atoms with Crippen molar-refractivity contribution in [1.82, 2.24) is 15.1 Å². The van der Waals surface area contributed by atoms with Gasteiger partial charge in [0.2, 0.25) is 0 Å². The van der Waals surface area contributed by atoms with E-state index < -0.39 is 0 Å². The molecule has 1 aliphatic heterocycles. The standard InChI is InChI=1S/C15H26N4/c1-15(2,3)13-6-7-14(17-16-13)19-10-8-12(9-11-19)18(4)5/h6-7,12H,8-11H2,1-5H3. The Bertz CT molecular complexity index is 397. The Hall–Kier alpha value is -1.16. The third-order valence-electron chi connectivity index (χ3n) is 3.94. The summed E-state index contributed by atoms with van der Waals surface area (Å²) in [5, 5.41) is 8.78. The van der Waals surface area contributed by atoms with E-state index in [-0.39, 0.29) is 5.41 Å². The highest BCUT2D eigenvalue weighted by Gasteiger charge is 2.22. The van der Waals surface area contributed by atoms with Gasteiger partial charge in [0.05, 0.1) is 5.69 Å². The zero-order valence-corrected chi connectivity index (χ0v) is 12.8. The van der Waals surface area contributed by atoms with E-state index in [0.29, 0.717) is 6.04 Å². The van der Waals surface area contributed by atoms with Crippen LogP contribution in [0.15, 0.2) is 12.1 Å². The maximum absolute atomic E-state index is 4.40. The van der Waals surface area contributed by atoms with Crippen LogP contribution in [0.3, 0.4) is 0 Å². The third kappa shape index (κ3) is 3.44. The summed E-state index contributed by atoms with van der Waals surface area (Å²) in [5.41, 5.74) is 1.13. The molecule has 4 nitrogen and oxygen atoms in total. The van der Waals surface area contributed by atoms with Crippen LogP contribution >= 0.6 is 0 Å². The van der Waals surface area contributed by atoms with Gasteiger partial charge >= 0.3 is 0 Å². The molecular weight excluding hydrogens is 236 g/mol. The SMILES string of the molecule is CN(C)C1CCN(c2ccc(C(C)(C)C)nn2)CC1. The summed E-state index contributed by atoms with van der Waals surface area (Å²) >= 11 is 0. The van der Waals surface area contributed by atoms with Crippen molar-refractivity contribution in [3.63, 3.8) is 0 Å². The van der Waals surface area contributed by atoms with Crippen molar-refractivity contribution in [2.24, 2.45) is 0 Å². The van der Waals surface area contributed by atoms with E-state index in [1.165, 1.54) is 12.8 Å². The Labute approximate surface area is 116 Å². The van der Waals surface area contributed by atoms with Gasteiger partial charge < -0.3 is 9.80 Å². The van der Waals surface area contributed by atoms with E-state index in [1.54, 1.807) is 0 Å². The van der Waals surface area contributed by atoms with Crippen LogP contribution in [0.1, 0.15) is 39.3 Å². The molecule has 4 heteroatoms. The van der Waals surface area contributed by atoms with Crippen LogP contribution in [0.4, 0.5) is 5.82 Å². The van der Waals surface area contributed by atoms with Gasteiger partial charge in [0.25, 0.3) is 0 Å². The maximum Gasteiger partial charge on any atom is 0.151 e. The van der Waals surface area contributed by atoms with Crippen LogP contribution in [0.5, 0.6) is 0 Å². The minimum Gasteiger partial charge on any atom is -0.355 e. The molecule has 0 unspecified atom stereocenters. The Morgan fingerprint density at radius 2 is 1.74 bits per heavy atom. The van der Waals surface area contributed by atoms with Gasteiger partial charge in [-0.25, -0.2) is 0 Å². The summed E-state index contributed by atoms with van der Waals surface area (Å²) in [5.74, 6) is 1.02. The van der Waals surface area contributed by atoms with Gasteiger partial charge in [-0.05, 0) is 39.1 Å². The van der Waals surface area contributed by atoms with Gasteiger partial charge in [-0.3, -0.25) is 0 Å². The highest BCUT2D eigenvalue weighted by Crippen LogP contribution is 2.23. The van der Waals surface area contributed by atoms with Crippen LogP contribution in [-0.2, 0) is 5.41 Å². The molecule has 0 radical (unpaired) electrons. The number of rotatable bonds is 2. The quantitative estimate of drug-likeness (QED) is 0.818. The largest absolute Gasteiger partial charge is 0.355 e. The fourth-order valence-corrected chi connectivity index (χ4v) is 2.51. The molecule has 0 bridgehead atoms. The zero-order valence-electron chi connectivity index (χ0n) is 12.8. The van der Waals surface area contributed by atoms with Gasteiger partial charge in [-0.2, -0.15) is 5.10 Å². The van der Waals surface area contributed by atoms with E-state index in [1.807, 2.05) is 0 Å². The lowest BCUT2D eigenvalue weighted by atomic mass is 9.92. The van der Waals surface area contributed by atoms with Crippen LogP contribution < -0.4 is 4.90 Å². The predicted octanol–water partition coefficient (Wildman–Crippen LogP) is 2.30. The minimum atomic E-state index is 0.0729. The highest BCUT2D eigenvalue weighted by atomic mass is 15.3. The van der Waals surface area contributed by atoms with Crippen molar-refractivity contribution in [3.8, 4) is 0 Å². The van der Waals surface area contributed by atoms with Crippen LogP contribution in [0.2, 0.25) is 0 Å². The van der Waals surface area contributed by atoms with Crippen LogP contribution in [0.25, 0.3) is 0 Å². The zero-order chi connectivity index (χ0) is 14.0. The lowest BCUT2D eigenvalue weighted by Gasteiger charge is -2.35. The second-order valence-electron chi connectivity index (χ2n) is 6.71. The van der Waals surface area contributed by atoms with Crippen molar-refractivity contribution in [3.05, 3.63) is 17.8 Å². The second kappa shape index (κ2) is 5.45. The first-order chi connectivity index (χ1) is 8.88. The molecule has 1 aromatic heterocycles. The average Bonchev–Trinajstić information content (AvgIpc) is 2.38. The van der Waals surface area contributed by atoms with Gasteiger partial charge in [0.1, 0.15) is 0 Å². The van der Waals surface area contributed by atoms with Gasteiger partial charge in [0, 0.05) is 24.5 Å². The average molecular weight is 262 g/mol. The first kappa shape index (κ1) is 14.3. The van der Waals surface area contributed by atoms with E-state index in [0.717, 1.165) is 24.6 Å². The Morgan fingerprint density at radius 3 is 2.16 bits per heavy atom. The first-order valence-electron chi connectivity index (χ1n) is 7.13. The fourth-order valence-electron chi connectivity index (χ4n) is 2.51. The minimum absolute atomic E-state index is 0.0729. The van der Waals surface area contributed by atoms with Crippen molar-refractivity contribution in [2.75, 3.05) is 32.1 Å². The predicted molar refractivity (Wildman–Crippen MR) is 79.7 cm³/mol. The summed E-state index contributed by atoms with van der Waals surface area (Å²) < 4.78 is 0. The molecule has 0 amide bonds. The molecule has 1 aliphatic rings. The Morgan fingerprint density at radius 1 is 1.11 bits per heavy atom. The van der Waals surface area contributed by atoms with Gasteiger partial charge in [-0.15, -0.1) is 5.10 Å². The molecule has 0 saturated carbocycles. The first-order valence-corrected chi connectivity index (χ1v) is 7.13. The number of hydrogen-bond acceptors (Lipinski definition) is 4. The molecule has 2 heterocycles. The van der Waals surface area contributed by atoms with Crippen molar-refractivity contribution in [1.29, 1.82) is 0 Å². The Kier molecular flexibility index (Phi) is 4.09. The molecule has 0 N–H and O–H groups in total. The molecule has 0 aromatic carbocycles. The fraction of sp³-hybridized carbons (Fsp3) is 0.733. The van der Waals surface area contributed by atoms with Crippen LogP contribution in [-0.4, -0.2) is 48.3 Å². The van der Waals surface area contributed by atoms with E-state index in [4.69, 9.17) is 0 Å². The summed E-state index contributed by atoms with van der Waals surface area (Å²) in [6.07, 6.45) is 2.41. The second-order valence-corrected chi connectivity index (χ2v) is 6.71. The molecule has 0 aliphatic carbocycles. The molecule has 106 valence electrons. The number of hydrogen-bond donors (Lipinski definition) is 0. The monoisotopic (exact) mass is 262 g/mol. The molecule has 1 fully saturated rings. The molecule has 0 spiro atoms. The van der Waals surface area contributed by atoms with Crippen molar-refractivity contribution < 1.29 is 0 Å². The highest BCUT2D eigenvalue weighted by molar-refractivity contribution is 5.38. The molecule has 2 rings (SSSR count). The lowest BCUT2D eigenvalue weighted by molar-refractivity contribution is 0.249.